The van der Waals surface area contributed by atoms with Gasteiger partial charge in [-0.25, -0.2) is 15.0 Å². The number of unbranched alkanes of at least 4 members (excludes halogenated alkanes) is 7. The Kier molecular flexibility index (Phi) is 12.0. The van der Waals surface area contributed by atoms with E-state index >= 15 is 0 Å². The topological polar surface area (TPSA) is 68.1 Å². The molecular formula is C45H47N3O2. The second-order valence-electron chi connectivity index (χ2n) is 13.1. The smallest absolute Gasteiger partial charge is 0.167 e. The Morgan fingerprint density at radius 3 is 1.44 bits per heavy atom. The number of phenols is 1. The quantitative estimate of drug-likeness (QED) is 0.105. The van der Waals surface area contributed by atoms with Crippen LogP contribution >= 0.6 is 0 Å². The van der Waals surface area contributed by atoms with E-state index in [4.69, 9.17) is 19.7 Å². The van der Waals surface area contributed by atoms with Crippen molar-refractivity contribution in [2.75, 3.05) is 0 Å². The minimum absolute atomic E-state index is 0.0634. The summed E-state index contributed by atoms with van der Waals surface area (Å²) in [7, 11) is 0. The maximum Gasteiger partial charge on any atom is 0.167 e. The molecule has 0 spiro atoms. The monoisotopic (exact) mass is 661 g/mol. The predicted octanol–water partition coefficient (Wildman–Crippen LogP) is 12.2. The van der Waals surface area contributed by atoms with Crippen molar-refractivity contribution >= 4 is 0 Å². The normalized spacial score (nSPS) is 11.7. The van der Waals surface area contributed by atoms with Crippen LogP contribution in [0.3, 0.4) is 0 Å². The molecule has 6 rings (SSSR count). The first-order valence-electron chi connectivity index (χ1n) is 18.1. The maximum atomic E-state index is 11.3. The molecule has 254 valence electrons. The van der Waals surface area contributed by atoms with Gasteiger partial charge in [-0.15, -0.1) is 0 Å². The van der Waals surface area contributed by atoms with Gasteiger partial charge in [0.05, 0.1) is 11.7 Å². The van der Waals surface area contributed by atoms with E-state index < -0.39 is 0 Å². The van der Waals surface area contributed by atoms with Crippen molar-refractivity contribution in [1.82, 2.24) is 15.0 Å². The van der Waals surface area contributed by atoms with E-state index in [1.165, 1.54) is 44.9 Å². The molecule has 50 heavy (non-hydrogen) atoms. The molecule has 0 radical (unpaired) electrons. The number of phenolic OH excluding ortho intramolecular Hbond substituents is 1. The first kappa shape index (κ1) is 34.6. The molecule has 1 atom stereocenters. The number of benzene rings is 5. The minimum Gasteiger partial charge on any atom is -0.507 e. The molecule has 0 aliphatic carbocycles. The van der Waals surface area contributed by atoms with E-state index in [-0.39, 0.29) is 11.9 Å². The Bertz CT molecular complexity index is 1820. The van der Waals surface area contributed by atoms with Crippen molar-refractivity contribution in [3.05, 3.63) is 127 Å². The summed E-state index contributed by atoms with van der Waals surface area (Å²) in [6, 6.07) is 42.5. The molecule has 1 unspecified atom stereocenters. The molecule has 0 aliphatic rings. The highest BCUT2D eigenvalue weighted by atomic mass is 16.5. The van der Waals surface area contributed by atoms with Crippen LogP contribution in [-0.2, 0) is 0 Å². The summed E-state index contributed by atoms with van der Waals surface area (Å²) in [5.74, 6) is 2.19. The summed E-state index contributed by atoms with van der Waals surface area (Å²) in [4.78, 5) is 14.7. The van der Waals surface area contributed by atoms with E-state index in [2.05, 4.69) is 62.4 Å². The van der Waals surface area contributed by atoms with Gasteiger partial charge in [0.15, 0.2) is 17.5 Å². The molecule has 0 amide bonds. The molecule has 0 fully saturated rings. The van der Waals surface area contributed by atoms with Crippen LogP contribution in [0.5, 0.6) is 11.5 Å². The van der Waals surface area contributed by atoms with Crippen molar-refractivity contribution < 1.29 is 9.84 Å². The molecule has 0 saturated heterocycles. The Morgan fingerprint density at radius 2 is 0.940 bits per heavy atom. The summed E-state index contributed by atoms with van der Waals surface area (Å²) < 4.78 is 6.21. The van der Waals surface area contributed by atoms with Gasteiger partial charge in [-0.2, -0.15) is 0 Å². The van der Waals surface area contributed by atoms with Crippen molar-refractivity contribution in [2.45, 2.75) is 77.7 Å². The number of aromatic hydroxyl groups is 1. The Morgan fingerprint density at radius 1 is 0.500 bits per heavy atom. The zero-order chi connectivity index (χ0) is 34.5. The van der Waals surface area contributed by atoms with Gasteiger partial charge < -0.3 is 9.84 Å². The van der Waals surface area contributed by atoms with Gasteiger partial charge in [0.1, 0.15) is 11.5 Å². The lowest BCUT2D eigenvalue weighted by atomic mass is 10.0. The highest BCUT2D eigenvalue weighted by molar-refractivity contribution is 5.73. The van der Waals surface area contributed by atoms with Crippen LogP contribution in [0.2, 0.25) is 0 Å². The lowest BCUT2D eigenvalue weighted by molar-refractivity contribution is 0.205. The zero-order valence-electron chi connectivity index (χ0n) is 29.3. The van der Waals surface area contributed by atoms with Crippen molar-refractivity contribution in [1.29, 1.82) is 0 Å². The van der Waals surface area contributed by atoms with Crippen LogP contribution in [0.25, 0.3) is 56.4 Å². The van der Waals surface area contributed by atoms with E-state index in [1.807, 2.05) is 72.8 Å². The SMILES string of the molecule is CCCCCCCCCCC(C)Oc1ccc(-c2nc(-c3ccc(-c4ccccc4)cc3)nc(-c3ccc(-c4ccccc4)cc3)n2)c(O)c1. The molecule has 0 saturated carbocycles. The number of nitrogens with zero attached hydrogens (tertiary/aromatic N) is 3. The first-order valence-corrected chi connectivity index (χ1v) is 18.1. The van der Waals surface area contributed by atoms with Gasteiger partial charge in [-0.1, -0.05) is 161 Å². The van der Waals surface area contributed by atoms with E-state index in [9.17, 15) is 5.11 Å². The second kappa shape index (κ2) is 17.4. The van der Waals surface area contributed by atoms with Crippen LogP contribution in [0.4, 0.5) is 0 Å². The molecular weight excluding hydrogens is 615 g/mol. The van der Waals surface area contributed by atoms with Crippen LogP contribution in [0.15, 0.2) is 127 Å². The third kappa shape index (κ3) is 9.23. The molecule has 5 heteroatoms. The van der Waals surface area contributed by atoms with Gasteiger partial charge in [0.25, 0.3) is 0 Å². The fourth-order valence-electron chi connectivity index (χ4n) is 6.27. The van der Waals surface area contributed by atoms with Crippen LogP contribution in [0.1, 0.15) is 71.6 Å². The predicted molar refractivity (Wildman–Crippen MR) is 206 cm³/mol. The Balaban J connectivity index is 1.23. The summed E-state index contributed by atoms with van der Waals surface area (Å²) >= 11 is 0. The molecule has 6 aromatic rings. The molecule has 0 bridgehead atoms. The van der Waals surface area contributed by atoms with Crippen molar-refractivity contribution in [2.24, 2.45) is 0 Å². The average molecular weight is 662 g/mol. The fourth-order valence-corrected chi connectivity index (χ4v) is 6.27. The molecule has 1 aromatic heterocycles. The van der Waals surface area contributed by atoms with Gasteiger partial charge >= 0.3 is 0 Å². The largest absolute Gasteiger partial charge is 0.507 e. The Labute approximate surface area is 297 Å². The zero-order valence-corrected chi connectivity index (χ0v) is 29.3. The van der Waals surface area contributed by atoms with Gasteiger partial charge in [0, 0.05) is 17.2 Å². The minimum atomic E-state index is 0.0634. The summed E-state index contributed by atoms with van der Waals surface area (Å²) in [6.45, 7) is 4.36. The molecule has 5 aromatic carbocycles. The van der Waals surface area contributed by atoms with Crippen LogP contribution in [-0.4, -0.2) is 26.2 Å². The highest BCUT2D eigenvalue weighted by Crippen LogP contribution is 2.34. The molecule has 1 heterocycles. The van der Waals surface area contributed by atoms with Gasteiger partial charge in [-0.3, -0.25) is 0 Å². The van der Waals surface area contributed by atoms with Crippen LogP contribution in [0, 0.1) is 0 Å². The number of hydrogen-bond acceptors (Lipinski definition) is 5. The maximum absolute atomic E-state index is 11.3. The first-order chi connectivity index (χ1) is 24.6. The Hall–Kier alpha value is -5.29. The van der Waals surface area contributed by atoms with Gasteiger partial charge in [0.2, 0.25) is 0 Å². The second-order valence-corrected chi connectivity index (χ2v) is 13.1. The average Bonchev–Trinajstić information content (AvgIpc) is 3.16. The third-order valence-electron chi connectivity index (χ3n) is 9.15. The van der Waals surface area contributed by atoms with Crippen molar-refractivity contribution in [3.8, 4) is 67.9 Å². The van der Waals surface area contributed by atoms with Crippen LogP contribution < -0.4 is 4.74 Å². The summed E-state index contributed by atoms with van der Waals surface area (Å²) in [5.41, 5.74) is 6.78. The number of ether oxygens (including phenoxy) is 1. The lowest BCUT2D eigenvalue weighted by Gasteiger charge is -2.16. The molecule has 1 N–H and O–H groups in total. The number of hydrogen-bond donors (Lipinski definition) is 1. The fraction of sp³-hybridized carbons (Fsp3) is 0.267. The molecule has 5 nitrogen and oxygen atoms in total. The number of aromatic nitrogens is 3. The highest BCUT2D eigenvalue weighted by Gasteiger charge is 2.16. The van der Waals surface area contributed by atoms with E-state index in [0.717, 1.165) is 46.2 Å². The van der Waals surface area contributed by atoms with Gasteiger partial charge in [-0.05, 0) is 54.2 Å². The summed E-state index contributed by atoms with van der Waals surface area (Å²) in [6.07, 6.45) is 11.4. The van der Waals surface area contributed by atoms with Crippen molar-refractivity contribution in [3.63, 3.8) is 0 Å². The number of rotatable bonds is 16. The third-order valence-corrected chi connectivity index (χ3v) is 9.15. The molecule has 0 aliphatic heterocycles. The summed E-state index contributed by atoms with van der Waals surface area (Å²) in [5, 5.41) is 11.3. The van der Waals surface area contributed by atoms with E-state index in [1.54, 1.807) is 6.07 Å². The standard InChI is InChI=1S/C45H47N3O2/c1-3-4-5-6-7-8-9-12-17-33(2)50-40-30-31-41(42(49)32-40)45-47-43(38-26-22-36(23-27-38)34-18-13-10-14-19-34)46-44(48-45)39-28-24-37(25-29-39)35-20-15-11-16-21-35/h10-11,13-16,18-33,49H,3-9,12,17H2,1-2H3. The van der Waals surface area contributed by atoms with E-state index in [0.29, 0.717) is 28.8 Å². The lowest BCUT2D eigenvalue weighted by Crippen LogP contribution is -2.11.